The Kier molecular flexibility index (Phi) is 9.31. The third kappa shape index (κ3) is 7.12. The molecule has 0 amide bonds. The molecule has 8 nitrogen and oxygen atoms in total. The third-order valence-corrected chi connectivity index (χ3v) is 8.05. The van der Waals surface area contributed by atoms with Crippen molar-refractivity contribution in [3.63, 3.8) is 0 Å². The summed E-state index contributed by atoms with van der Waals surface area (Å²) < 4.78 is 35.7. The monoisotopic (exact) mass is 563 g/mol. The Morgan fingerprint density at radius 3 is 2.56 bits per heavy atom. The first-order chi connectivity index (χ1) is 19.9. The van der Waals surface area contributed by atoms with E-state index in [9.17, 15) is 4.79 Å². The van der Waals surface area contributed by atoms with Crippen LogP contribution in [0, 0.1) is 23.0 Å². The van der Waals surface area contributed by atoms with Gasteiger partial charge in [0.25, 0.3) is 0 Å². The zero-order valence-corrected chi connectivity index (χ0v) is 22.9. The first kappa shape index (κ1) is 28.8. The van der Waals surface area contributed by atoms with Crippen molar-refractivity contribution in [2.24, 2.45) is 5.92 Å². The summed E-state index contributed by atoms with van der Waals surface area (Å²) in [5, 5.41) is 20.3. The maximum atomic E-state index is 15.2. The molecule has 2 heterocycles. The molecule has 41 heavy (non-hydrogen) atoms. The number of para-hydroxylation sites is 1. The van der Waals surface area contributed by atoms with Crippen LogP contribution in [-0.4, -0.2) is 64.5 Å². The average Bonchev–Trinajstić information content (AvgIpc) is 2.99. The largest absolute Gasteiger partial charge is 0.481 e. The molecule has 1 saturated heterocycles. The molecule has 3 aromatic rings. The van der Waals surface area contributed by atoms with Crippen LogP contribution in [0.3, 0.4) is 0 Å². The first-order valence-electron chi connectivity index (χ1n) is 14.1. The van der Waals surface area contributed by atoms with Gasteiger partial charge in [-0.15, -0.1) is 0 Å². The second-order valence-corrected chi connectivity index (χ2v) is 10.8. The highest BCUT2D eigenvalue weighted by Crippen LogP contribution is 2.31. The molecule has 216 valence electrons. The number of morpholine rings is 1. The van der Waals surface area contributed by atoms with Gasteiger partial charge in [-0.25, -0.2) is 13.8 Å². The van der Waals surface area contributed by atoms with Crippen molar-refractivity contribution in [2.45, 2.75) is 51.1 Å². The van der Waals surface area contributed by atoms with Gasteiger partial charge in [-0.05, 0) is 61.8 Å². The normalized spacial score (nSPS) is 20.2. The zero-order valence-electron chi connectivity index (χ0n) is 22.9. The van der Waals surface area contributed by atoms with E-state index in [4.69, 9.17) is 20.2 Å². The molecule has 1 aromatic heterocycles. The molecule has 0 bridgehead atoms. The number of allylic oxidation sites excluding steroid dienone is 1. The number of benzene rings is 2. The van der Waals surface area contributed by atoms with Gasteiger partial charge in [0.1, 0.15) is 11.6 Å². The maximum absolute atomic E-state index is 15.2. The number of fused-ring (bicyclic) bond motifs is 1. The number of rotatable bonds is 10. The summed E-state index contributed by atoms with van der Waals surface area (Å²) in [5.41, 5.74) is 3.08. The van der Waals surface area contributed by atoms with Crippen molar-refractivity contribution in [1.82, 2.24) is 20.2 Å². The summed E-state index contributed by atoms with van der Waals surface area (Å²) >= 11 is 0. The highest BCUT2D eigenvalue weighted by molar-refractivity contribution is 6.08. The predicted molar refractivity (Wildman–Crippen MR) is 153 cm³/mol. The van der Waals surface area contributed by atoms with Crippen LogP contribution in [0.4, 0.5) is 8.78 Å². The summed E-state index contributed by atoms with van der Waals surface area (Å²) in [6, 6.07) is 8.28. The highest BCUT2D eigenvalue weighted by atomic mass is 19.1. The van der Waals surface area contributed by atoms with Gasteiger partial charge in [-0.3, -0.25) is 14.7 Å². The van der Waals surface area contributed by atoms with E-state index in [2.05, 4.69) is 10.3 Å². The fraction of sp³-hybridized carbons (Fsp3) is 0.419. The number of carboxylic acid groups (broad SMARTS) is 1. The van der Waals surface area contributed by atoms with E-state index in [1.54, 1.807) is 30.6 Å². The third-order valence-electron chi connectivity index (χ3n) is 8.05. The molecule has 5 rings (SSSR count). The Labute approximate surface area is 238 Å². The fourth-order valence-corrected chi connectivity index (χ4v) is 5.64. The summed E-state index contributed by atoms with van der Waals surface area (Å²) in [6.07, 6.45) is 9.30. The molecular weight excluding hydrogens is 528 g/mol. The van der Waals surface area contributed by atoms with Crippen molar-refractivity contribution >= 4 is 28.8 Å². The van der Waals surface area contributed by atoms with Crippen LogP contribution in [0.2, 0.25) is 0 Å². The Morgan fingerprint density at radius 1 is 1.15 bits per heavy atom. The molecule has 0 unspecified atom stereocenters. The van der Waals surface area contributed by atoms with E-state index in [1.165, 1.54) is 18.3 Å². The lowest BCUT2D eigenvalue weighted by Gasteiger charge is -2.28. The molecule has 0 radical (unpaired) electrons. The number of nitrogens with zero attached hydrogens (tertiary/aromatic N) is 3. The summed E-state index contributed by atoms with van der Waals surface area (Å²) in [6.45, 7) is 2.55. The van der Waals surface area contributed by atoms with Gasteiger partial charge < -0.3 is 20.6 Å². The van der Waals surface area contributed by atoms with Crippen molar-refractivity contribution in [2.75, 3.05) is 26.3 Å². The van der Waals surface area contributed by atoms with Gasteiger partial charge in [0.05, 0.1) is 36.1 Å². The number of carbonyl (C=O) groups is 1. The van der Waals surface area contributed by atoms with Crippen LogP contribution in [-0.2, 0) is 16.1 Å². The maximum Gasteiger partial charge on any atom is 0.303 e. The Bertz CT molecular complexity index is 1410. The van der Waals surface area contributed by atoms with E-state index in [1.807, 2.05) is 4.90 Å². The molecule has 1 saturated carbocycles. The number of aromatic nitrogens is 2. The predicted octanol–water partition coefficient (Wildman–Crippen LogP) is 5.41. The molecule has 2 aromatic carbocycles. The summed E-state index contributed by atoms with van der Waals surface area (Å²) in [4.78, 5) is 22.1. The van der Waals surface area contributed by atoms with Crippen molar-refractivity contribution in [3.05, 3.63) is 65.6 Å². The van der Waals surface area contributed by atoms with Crippen LogP contribution in [0.1, 0.15) is 49.8 Å². The van der Waals surface area contributed by atoms with Gasteiger partial charge in [0.15, 0.2) is 0 Å². The topological polar surface area (TPSA) is 111 Å². The minimum atomic E-state index is -0.750. The first-order valence-corrected chi connectivity index (χ1v) is 14.1. The van der Waals surface area contributed by atoms with Crippen molar-refractivity contribution in [1.29, 1.82) is 5.41 Å². The van der Waals surface area contributed by atoms with Gasteiger partial charge in [-0.2, -0.15) is 0 Å². The Balaban J connectivity index is 1.34. The lowest BCUT2D eigenvalue weighted by Crippen LogP contribution is -2.36. The van der Waals surface area contributed by atoms with Crippen LogP contribution in [0.25, 0.3) is 27.7 Å². The number of hydrogen-bond acceptors (Lipinski definition) is 7. The lowest BCUT2D eigenvalue weighted by molar-refractivity contribution is -0.137. The number of carboxylic acids is 1. The smallest absolute Gasteiger partial charge is 0.303 e. The van der Waals surface area contributed by atoms with Crippen molar-refractivity contribution < 1.29 is 23.4 Å². The minimum Gasteiger partial charge on any atom is -0.481 e. The van der Waals surface area contributed by atoms with E-state index < -0.39 is 17.6 Å². The number of hydrogen-bond donors (Lipinski definition) is 3. The van der Waals surface area contributed by atoms with E-state index in [0.29, 0.717) is 72.1 Å². The van der Waals surface area contributed by atoms with E-state index in [-0.39, 0.29) is 24.6 Å². The van der Waals surface area contributed by atoms with Gasteiger partial charge in [0.2, 0.25) is 0 Å². The Morgan fingerprint density at radius 2 is 1.88 bits per heavy atom. The van der Waals surface area contributed by atoms with E-state index in [0.717, 1.165) is 25.7 Å². The van der Waals surface area contributed by atoms with Crippen LogP contribution in [0.15, 0.2) is 42.7 Å². The number of halogens is 2. The fourth-order valence-electron chi connectivity index (χ4n) is 5.64. The second-order valence-electron chi connectivity index (χ2n) is 10.8. The molecule has 0 atom stereocenters. The van der Waals surface area contributed by atoms with Gasteiger partial charge in [0, 0.05) is 61.2 Å². The van der Waals surface area contributed by atoms with Gasteiger partial charge in [-0.1, -0.05) is 12.1 Å². The van der Waals surface area contributed by atoms with Crippen molar-refractivity contribution in [3.8, 4) is 11.1 Å². The standard InChI is InChI=1S/C31H35F2N5O3/c32-26-14-21(15-27(33)25(26)19-38-10-12-41-13-11-38)24-2-1-3-28-31(24)37-29(18-36-28)22(16-34)17-35-23-7-4-20(5-8-23)6-9-30(39)40/h1-3,14-18,20,23,34-35H,4-13,19H2,(H,39,40)/b22-17+,34-16?. The molecule has 2 fully saturated rings. The molecule has 1 aliphatic heterocycles. The summed E-state index contributed by atoms with van der Waals surface area (Å²) in [5.74, 6) is -1.52. The van der Waals surface area contributed by atoms with Crippen LogP contribution in [0.5, 0.6) is 0 Å². The average molecular weight is 564 g/mol. The van der Waals surface area contributed by atoms with E-state index >= 15 is 8.78 Å². The second kappa shape index (κ2) is 13.3. The highest BCUT2D eigenvalue weighted by Gasteiger charge is 2.22. The SMILES string of the molecule is N=C/C(=C\NC1CCC(CCC(=O)O)CC1)c1cnc2cccc(-c3cc(F)c(CN4CCOCC4)c(F)c3)c2n1. The molecule has 2 aliphatic rings. The quantitative estimate of drug-likeness (QED) is 0.283. The summed E-state index contributed by atoms with van der Waals surface area (Å²) in [7, 11) is 0. The molecule has 0 spiro atoms. The number of nitrogens with one attached hydrogen (secondary N) is 2. The minimum absolute atomic E-state index is 0.0404. The van der Waals surface area contributed by atoms with Crippen LogP contribution < -0.4 is 5.32 Å². The lowest BCUT2D eigenvalue weighted by atomic mass is 9.83. The van der Waals surface area contributed by atoms with Crippen LogP contribution >= 0.6 is 0 Å². The zero-order chi connectivity index (χ0) is 28.8. The molecule has 10 heteroatoms. The molecular formula is C31H35F2N5O3. The number of ether oxygens (including phenoxy) is 1. The molecule has 3 N–H and O–H groups in total. The Hall–Kier alpha value is -3.76. The van der Waals surface area contributed by atoms with Gasteiger partial charge >= 0.3 is 5.97 Å². The number of aliphatic carboxylic acids is 1. The molecule has 1 aliphatic carbocycles.